The standard InChI is InChI=1S/C10H12BrNO2/c11-8-1-2-9-10(7(8)3-4-12)14-6-5-13-9/h1-2H,3-6,12H2. The molecule has 14 heavy (non-hydrogen) atoms. The van der Waals surface area contributed by atoms with Crippen molar-refractivity contribution in [3.05, 3.63) is 22.2 Å². The second kappa shape index (κ2) is 4.19. The molecule has 1 heterocycles. The zero-order chi connectivity index (χ0) is 9.97. The van der Waals surface area contributed by atoms with Gasteiger partial charge in [-0.25, -0.2) is 0 Å². The van der Waals surface area contributed by atoms with Gasteiger partial charge in [0.05, 0.1) is 0 Å². The Bertz CT molecular complexity index is 341. The number of ether oxygens (including phenoxy) is 2. The largest absolute Gasteiger partial charge is 0.486 e. The van der Waals surface area contributed by atoms with Gasteiger partial charge in [0, 0.05) is 10.0 Å². The monoisotopic (exact) mass is 257 g/mol. The lowest BCUT2D eigenvalue weighted by atomic mass is 10.1. The molecule has 0 amide bonds. The summed E-state index contributed by atoms with van der Waals surface area (Å²) in [5.41, 5.74) is 6.65. The Labute approximate surface area is 91.3 Å². The molecule has 0 saturated carbocycles. The van der Waals surface area contributed by atoms with Crippen molar-refractivity contribution in [2.24, 2.45) is 5.73 Å². The lowest BCUT2D eigenvalue weighted by molar-refractivity contribution is 0.170. The SMILES string of the molecule is NCCc1c(Br)ccc2c1OCCO2. The second-order valence-corrected chi connectivity index (χ2v) is 3.94. The van der Waals surface area contributed by atoms with E-state index in [4.69, 9.17) is 15.2 Å². The van der Waals surface area contributed by atoms with Gasteiger partial charge >= 0.3 is 0 Å². The quantitative estimate of drug-likeness (QED) is 0.878. The van der Waals surface area contributed by atoms with Crippen molar-refractivity contribution in [2.75, 3.05) is 19.8 Å². The first-order chi connectivity index (χ1) is 6.83. The first-order valence-electron chi connectivity index (χ1n) is 4.60. The van der Waals surface area contributed by atoms with Crippen molar-refractivity contribution in [1.29, 1.82) is 0 Å². The zero-order valence-electron chi connectivity index (χ0n) is 7.75. The van der Waals surface area contributed by atoms with E-state index < -0.39 is 0 Å². The van der Waals surface area contributed by atoms with Gasteiger partial charge < -0.3 is 15.2 Å². The number of nitrogens with two attached hydrogens (primary N) is 1. The van der Waals surface area contributed by atoms with Gasteiger partial charge in [-0.05, 0) is 25.1 Å². The number of fused-ring (bicyclic) bond motifs is 1. The summed E-state index contributed by atoms with van der Waals surface area (Å²) in [6.07, 6.45) is 0.799. The summed E-state index contributed by atoms with van der Waals surface area (Å²) in [6, 6.07) is 3.89. The number of hydrogen-bond donors (Lipinski definition) is 1. The van der Waals surface area contributed by atoms with Crippen LogP contribution in [0.3, 0.4) is 0 Å². The molecule has 0 saturated heterocycles. The van der Waals surface area contributed by atoms with Crippen molar-refractivity contribution < 1.29 is 9.47 Å². The highest BCUT2D eigenvalue weighted by molar-refractivity contribution is 9.10. The van der Waals surface area contributed by atoms with E-state index in [1.807, 2.05) is 12.1 Å². The second-order valence-electron chi connectivity index (χ2n) is 3.09. The minimum Gasteiger partial charge on any atom is -0.486 e. The molecule has 0 aliphatic carbocycles. The molecule has 3 nitrogen and oxygen atoms in total. The summed E-state index contributed by atoms with van der Waals surface area (Å²) in [4.78, 5) is 0. The van der Waals surface area contributed by atoms with Gasteiger partial charge in [-0.1, -0.05) is 15.9 Å². The summed E-state index contributed by atoms with van der Waals surface area (Å²) in [5, 5.41) is 0. The highest BCUT2D eigenvalue weighted by Crippen LogP contribution is 2.38. The van der Waals surface area contributed by atoms with E-state index in [0.717, 1.165) is 28.0 Å². The fourth-order valence-electron chi connectivity index (χ4n) is 1.53. The highest BCUT2D eigenvalue weighted by Gasteiger charge is 2.17. The summed E-state index contributed by atoms with van der Waals surface area (Å²) in [6.45, 7) is 1.84. The maximum Gasteiger partial charge on any atom is 0.165 e. The fraction of sp³-hybridized carbons (Fsp3) is 0.400. The number of benzene rings is 1. The normalized spacial score (nSPS) is 14.1. The molecule has 0 unspecified atom stereocenters. The van der Waals surface area contributed by atoms with Gasteiger partial charge in [-0.3, -0.25) is 0 Å². The molecule has 0 radical (unpaired) electrons. The van der Waals surface area contributed by atoms with Gasteiger partial charge in [-0.2, -0.15) is 0 Å². The van der Waals surface area contributed by atoms with Crippen LogP contribution in [0.15, 0.2) is 16.6 Å². The number of hydrogen-bond acceptors (Lipinski definition) is 3. The molecule has 0 bridgehead atoms. The van der Waals surface area contributed by atoms with Crippen LogP contribution in [-0.4, -0.2) is 19.8 Å². The Morgan fingerprint density at radius 3 is 2.86 bits per heavy atom. The van der Waals surface area contributed by atoms with Crippen LogP contribution in [0.1, 0.15) is 5.56 Å². The Morgan fingerprint density at radius 2 is 2.07 bits per heavy atom. The molecule has 0 aromatic heterocycles. The van der Waals surface area contributed by atoms with Gasteiger partial charge in [-0.15, -0.1) is 0 Å². The van der Waals surface area contributed by atoms with E-state index in [1.165, 1.54) is 0 Å². The molecular formula is C10H12BrNO2. The van der Waals surface area contributed by atoms with Gasteiger partial charge in [0.15, 0.2) is 11.5 Å². The van der Waals surface area contributed by atoms with Crippen molar-refractivity contribution in [3.63, 3.8) is 0 Å². The summed E-state index contributed by atoms with van der Waals surface area (Å²) in [7, 11) is 0. The average Bonchev–Trinajstić information content (AvgIpc) is 2.23. The lowest BCUT2D eigenvalue weighted by Crippen LogP contribution is -2.17. The molecule has 76 valence electrons. The molecule has 1 aliphatic heterocycles. The van der Waals surface area contributed by atoms with Crippen molar-refractivity contribution in [1.82, 2.24) is 0 Å². The minimum atomic E-state index is 0.610. The third-order valence-electron chi connectivity index (χ3n) is 2.15. The number of halogens is 1. The fourth-order valence-corrected chi connectivity index (χ4v) is 2.04. The Morgan fingerprint density at radius 1 is 1.29 bits per heavy atom. The van der Waals surface area contributed by atoms with Crippen molar-refractivity contribution >= 4 is 15.9 Å². The van der Waals surface area contributed by atoms with Crippen LogP contribution in [0.4, 0.5) is 0 Å². The van der Waals surface area contributed by atoms with Crippen LogP contribution >= 0.6 is 15.9 Å². The van der Waals surface area contributed by atoms with Crippen LogP contribution in [0.25, 0.3) is 0 Å². The number of rotatable bonds is 2. The Hall–Kier alpha value is -0.740. The molecule has 1 aliphatic rings. The molecular weight excluding hydrogens is 246 g/mol. The van der Waals surface area contributed by atoms with E-state index in [-0.39, 0.29) is 0 Å². The maximum absolute atomic E-state index is 5.58. The predicted octanol–water partition coefficient (Wildman–Crippen LogP) is 1.72. The summed E-state index contributed by atoms with van der Waals surface area (Å²) < 4.78 is 12.1. The minimum absolute atomic E-state index is 0.610. The average molecular weight is 258 g/mol. The van der Waals surface area contributed by atoms with E-state index >= 15 is 0 Å². The molecule has 1 aromatic rings. The Balaban J connectivity index is 2.43. The molecule has 1 aromatic carbocycles. The van der Waals surface area contributed by atoms with Crippen molar-refractivity contribution in [2.45, 2.75) is 6.42 Å². The molecule has 2 rings (SSSR count). The zero-order valence-corrected chi connectivity index (χ0v) is 9.34. The third-order valence-corrected chi connectivity index (χ3v) is 2.89. The first-order valence-corrected chi connectivity index (χ1v) is 5.39. The van der Waals surface area contributed by atoms with Gasteiger partial charge in [0.25, 0.3) is 0 Å². The predicted molar refractivity (Wildman–Crippen MR) is 57.9 cm³/mol. The smallest absolute Gasteiger partial charge is 0.165 e. The summed E-state index contributed by atoms with van der Waals surface area (Å²) >= 11 is 3.49. The molecule has 4 heteroatoms. The lowest BCUT2D eigenvalue weighted by Gasteiger charge is -2.21. The maximum atomic E-state index is 5.58. The van der Waals surface area contributed by atoms with Crippen LogP contribution < -0.4 is 15.2 Å². The Kier molecular flexibility index (Phi) is 2.93. The first kappa shape index (κ1) is 9.80. The molecule has 0 atom stereocenters. The van der Waals surface area contributed by atoms with E-state index in [1.54, 1.807) is 0 Å². The molecule has 2 N–H and O–H groups in total. The highest BCUT2D eigenvalue weighted by atomic mass is 79.9. The van der Waals surface area contributed by atoms with E-state index in [0.29, 0.717) is 19.8 Å². The molecule has 0 spiro atoms. The van der Waals surface area contributed by atoms with Crippen LogP contribution in [0.5, 0.6) is 11.5 Å². The van der Waals surface area contributed by atoms with Gasteiger partial charge in [0.1, 0.15) is 13.2 Å². The van der Waals surface area contributed by atoms with Crippen LogP contribution in [0, 0.1) is 0 Å². The van der Waals surface area contributed by atoms with Crippen LogP contribution in [0.2, 0.25) is 0 Å². The molecule has 0 fully saturated rings. The third kappa shape index (κ3) is 1.72. The van der Waals surface area contributed by atoms with Crippen LogP contribution in [-0.2, 0) is 6.42 Å². The summed E-state index contributed by atoms with van der Waals surface area (Å²) in [5.74, 6) is 1.67. The van der Waals surface area contributed by atoms with E-state index in [2.05, 4.69) is 15.9 Å². The van der Waals surface area contributed by atoms with Crippen molar-refractivity contribution in [3.8, 4) is 11.5 Å². The topological polar surface area (TPSA) is 44.5 Å². The van der Waals surface area contributed by atoms with Gasteiger partial charge in [0.2, 0.25) is 0 Å². The van der Waals surface area contributed by atoms with E-state index in [9.17, 15) is 0 Å².